The fraction of sp³-hybridized carbons (Fsp3) is 0.300. The van der Waals surface area contributed by atoms with E-state index in [0.717, 1.165) is 0 Å². The second kappa shape index (κ2) is 4.21. The summed E-state index contributed by atoms with van der Waals surface area (Å²) in [5.74, 6) is -0.228. The second-order valence-corrected chi connectivity index (χ2v) is 16.8. The number of hydrogen-bond acceptors (Lipinski definition) is 3. The third kappa shape index (κ3) is 3.57. The van der Waals surface area contributed by atoms with E-state index in [1.54, 1.807) is 24.3 Å². The van der Waals surface area contributed by atoms with E-state index in [1.807, 2.05) is 14.8 Å². The fourth-order valence-electron chi connectivity index (χ4n) is 0.956. The predicted molar refractivity (Wildman–Crippen MR) is 59.6 cm³/mol. The van der Waals surface area contributed by atoms with Gasteiger partial charge in [0.15, 0.2) is 0 Å². The quantitative estimate of drug-likeness (QED) is 0.673. The van der Waals surface area contributed by atoms with Gasteiger partial charge < -0.3 is 0 Å². The Kier molecular flexibility index (Phi) is 3.42. The summed E-state index contributed by atoms with van der Waals surface area (Å²) in [7, 11) is 0. The zero-order valence-corrected chi connectivity index (χ0v) is 11.6. The number of rotatable bonds is 2. The number of benzene rings is 1. The van der Waals surface area contributed by atoms with Crippen LogP contribution in [0.25, 0.3) is 0 Å². The molecule has 1 aromatic carbocycles. The normalized spacial score (nSPS) is 11.1. The summed E-state index contributed by atoms with van der Waals surface area (Å²) in [6.45, 7) is 0. The minimum absolute atomic E-state index is 0.228. The summed E-state index contributed by atoms with van der Waals surface area (Å²) in [5, 5.41) is 0. The molecular weight excluding hydrogens is 285 g/mol. The molecule has 1 rings (SSSR count). The molecule has 0 spiro atoms. The summed E-state index contributed by atoms with van der Waals surface area (Å²) < 4.78 is 5.39. The van der Waals surface area contributed by atoms with Crippen LogP contribution in [0.15, 0.2) is 24.3 Å². The van der Waals surface area contributed by atoms with Gasteiger partial charge in [0.05, 0.1) is 0 Å². The van der Waals surface area contributed by atoms with Crippen molar-refractivity contribution in [3.8, 4) is 0 Å². The maximum absolute atomic E-state index is 11.6. The molecule has 3 nitrogen and oxygen atoms in total. The van der Waals surface area contributed by atoms with E-state index in [4.69, 9.17) is 8.81 Å². The van der Waals surface area contributed by atoms with Crippen molar-refractivity contribution in [1.82, 2.24) is 0 Å². The van der Waals surface area contributed by atoms with E-state index < -0.39 is 18.8 Å². The van der Waals surface area contributed by atoms with Gasteiger partial charge in [-0.3, -0.25) is 0 Å². The molecule has 0 saturated carbocycles. The van der Waals surface area contributed by atoms with Crippen molar-refractivity contribution < 1.29 is 7.87 Å². The molecule has 0 atom stereocenters. The van der Waals surface area contributed by atoms with Gasteiger partial charge >= 0.3 is 88.7 Å². The van der Waals surface area contributed by atoms with E-state index in [9.17, 15) is 4.79 Å². The van der Waals surface area contributed by atoms with Crippen molar-refractivity contribution >= 4 is 30.4 Å². The molecule has 0 aliphatic heterocycles. The second-order valence-electron chi connectivity index (χ2n) is 4.12. The van der Waals surface area contributed by atoms with Crippen molar-refractivity contribution in [2.75, 3.05) is 5.73 Å². The number of carbonyl (C=O) groups excluding carboxylic acids is 1. The van der Waals surface area contributed by atoms with Crippen LogP contribution in [0.5, 0.6) is 0 Å². The van der Waals surface area contributed by atoms with E-state index >= 15 is 0 Å². The predicted octanol–water partition coefficient (Wildman–Crippen LogP) is 2.26. The van der Waals surface area contributed by atoms with E-state index in [-0.39, 0.29) is 5.97 Å². The first-order valence-electron chi connectivity index (χ1n) is 4.47. The van der Waals surface area contributed by atoms with Gasteiger partial charge in [-0.15, -0.1) is 0 Å². The third-order valence-corrected chi connectivity index (χ3v) is 3.82. The standard InChI is InChI=1S/C7H7NO2.3CH3.Sn/c8-6-3-1-5(2-4-6)7(9)10;;;;/h1-4H,8H2,(H,9,10);3*1H3;/q;;;;+1/p-1. The molecule has 0 saturated heterocycles. The molecule has 76 valence electrons. The Balaban J connectivity index is 2.76. The Morgan fingerprint density at radius 1 is 1.21 bits per heavy atom. The van der Waals surface area contributed by atoms with Crippen LogP contribution >= 0.6 is 0 Å². The Hall–Kier alpha value is -0.711. The van der Waals surface area contributed by atoms with Crippen LogP contribution < -0.4 is 5.73 Å². The van der Waals surface area contributed by atoms with Crippen LogP contribution in [0.1, 0.15) is 10.4 Å². The number of anilines is 1. The Morgan fingerprint density at radius 3 is 2.14 bits per heavy atom. The summed E-state index contributed by atoms with van der Waals surface area (Å²) >= 11 is -2.48. The van der Waals surface area contributed by atoms with Crippen LogP contribution in [0, 0.1) is 0 Å². The molecule has 0 heterocycles. The average molecular weight is 300 g/mol. The molecule has 0 radical (unpaired) electrons. The van der Waals surface area contributed by atoms with Crippen LogP contribution in [0.2, 0.25) is 14.8 Å². The molecule has 0 unspecified atom stereocenters. The number of nitrogens with two attached hydrogens (primary N) is 1. The van der Waals surface area contributed by atoms with E-state index in [0.29, 0.717) is 11.3 Å². The first kappa shape index (κ1) is 11.4. The zero-order valence-electron chi connectivity index (χ0n) is 8.70. The maximum atomic E-state index is 11.6. The molecule has 14 heavy (non-hydrogen) atoms. The van der Waals surface area contributed by atoms with Crippen LogP contribution in [0.3, 0.4) is 0 Å². The average Bonchev–Trinajstić information content (AvgIpc) is 2.02. The number of nitrogen functional groups attached to an aromatic ring is 1. The molecule has 0 fully saturated rings. The summed E-state index contributed by atoms with van der Waals surface area (Å²) in [6.07, 6.45) is 0. The van der Waals surface area contributed by atoms with Gasteiger partial charge in [0, 0.05) is 0 Å². The van der Waals surface area contributed by atoms with E-state index in [2.05, 4.69) is 0 Å². The van der Waals surface area contributed by atoms with Crippen molar-refractivity contribution in [3.63, 3.8) is 0 Å². The van der Waals surface area contributed by atoms with Gasteiger partial charge in [0.1, 0.15) is 0 Å². The monoisotopic (exact) mass is 301 g/mol. The summed E-state index contributed by atoms with van der Waals surface area (Å²) in [5.41, 5.74) is 6.74. The molecule has 0 aliphatic carbocycles. The molecule has 0 aromatic heterocycles. The van der Waals surface area contributed by atoms with Gasteiger partial charge in [-0.05, 0) is 0 Å². The number of hydrogen-bond donors (Lipinski definition) is 1. The Morgan fingerprint density at radius 2 is 1.71 bits per heavy atom. The molecule has 1 aromatic rings. The molecule has 0 amide bonds. The SMILES string of the molecule is [CH3][Sn]([CH3])([CH3])[O]C(=O)c1ccc(N)cc1. The van der Waals surface area contributed by atoms with Gasteiger partial charge in [-0.2, -0.15) is 0 Å². The third-order valence-electron chi connectivity index (χ3n) is 1.55. The van der Waals surface area contributed by atoms with Gasteiger partial charge in [0.2, 0.25) is 0 Å². The van der Waals surface area contributed by atoms with Gasteiger partial charge in [0.25, 0.3) is 0 Å². The fourth-order valence-corrected chi connectivity index (χ4v) is 2.88. The van der Waals surface area contributed by atoms with Crippen LogP contribution in [0.4, 0.5) is 5.69 Å². The van der Waals surface area contributed by atoms with Crippen molar-refractivity contribution in [2.24, 2.45) is 0 Å². The van der Waals surface area contributed by atoms with Crippen LogP contribution in [-0.2, 0) is 3.07 Å². The Bertz CT molecular complexity index is 327. The van der Waals surface area contributed by atoms with Gasteiger partial charge in [-0.1, -0.05) is 0 Å². The topological polar surface area (TPSA) is 52.3 Å². The summed E-state index contributed by atoms with van der Waals surface area (Å²) in [4.78, 5) is 17.7. The number of carbonyl (C=O) groups is 1. The van der Waals surface area contributed by atoms with Crippen molar-refractivity contribution in [3.05, 3.63) is 29.8 Å². The van der Waals surface area contributed by atoms with Gasteiger partial charge in [-0.25, -0.2) is 0 Å². The summed E-state index contributed by atoms with van der Waals surface area (Å²) in [6, 6.07) is 6.79. The first-order valence-corrected chi connectivity index (χ1v) is 14.2. The molecule has 0 aliphatic rings. The molecular formula is C10H15NO2Sn. The first-order chi connectivity index (χ1) is 6.38. The zero-order chi connectivity index (χ0) is 10.8. The van der Waals surface area contributed by atoms with Crippen molar-refractivity contribution in [1.29, 1.82) is 0 Å². The Labute approximate surface area is 88.7 Å². The molecule has 4 heteroatoms. The van der Waals surface area contributed by atoms with Crippen molar-refractivity contribution in [2.45, 2.75) is 14.8 Å². The minimum atomic E-state index is -2.48. The van der Waals surface area contributed by atoms with E-state index in [1.165, 1.54) is 0 Å². The molecule has 2 N–H and O–H groups in total. The van der Waals surface area contributed by atoms with Crippen LogP contribution in [-0.4, -0.2) is 24.8 Å². The molecule has 0 bridgehead atoms.